The second kappa shape index (κ2) is 4.55. The topological polar surface area (TPSA) is 46.3 Å². The molecular weight excluding hydrogens is 313 g/mol. The quantitative estimate of drug-likeness (QED) is 0.862. The molecule has 0 spiro atoms. The lowest BCUT2D eigenvalue weighted by atomic mass is 10.1. The fourth-order valence-electron chi connectivity index (χ4n) is 1.71. The van der Waals surface area contributed by atoms with Crippen molar-refractivity contribution in [3.63, 3.8) is 0 Å². The van der Waals surface area contributed by atoms with Crippen LogP contribution < -0.4 is 5.73 Å². The molecule has 7 heteroatoms. The molecule has 1 aliphatic heterocycles. The van der Waals surface area contributed by atoms with Crippen molar-refractivity contribution >= 4 is 21.8 Å². The molecule has 2 rings (SSSR count). The molecule has 3 nitrogen and oxygen atoms in total. The SMILES string of the molecule is NC1CN(C(=O)c2cc(C(F)(F)F)ccc2Br)C1. The van der Waals surface area contributed by atoms with Crippen molar-refractivity contribution in [1.29, 1.82) is 0 Å². The average molecular weight is 323 g/mol. The average Bonchev–Trinajstić information content (AvgIpc) is 2.23. The highest BCUT2D eigenvalue weighted by Crippen LogP contribution is 2.32. The number of alkyl halides is 3. The molecule has 0 bridgehead atoms. The third kappa shape index (κ3) is 2.51. The van der Waals surface area contributed by atoms with Crippen LogP contribution in [0.15, 0.2) is 22.7 Å². The van der Waals surface area contributed by atoms with Crippen molar-refractivity contribution < 1.29 is 18.0 Å². The Hall–Kier alpha value is -1.08. The maximum atomic E-state index is 12.6. The Morgan fingerprint density at radius 3 is 2.50 bits per heavy atom. The molecule has 0 unspecified atom stereocenters. The van der Waals surface area contributed by atoms with Gasteiger partial charge in [-0.15, -0.1) is 0 Å². The van der Waals surface area contributed by atoms with Crippen molar-refractivity contribution in [3.05, 3.63) is 33.8 Å². The monoisotopic (exact) mass is 322 g/mol. The van der Waals surface area contributed by atoms with Gasteiger partial charge in [-0.1, -0.05) is 0 Å². The standard InChI is InChI=1S/C11H10BrF3N2O/c12-9-2-1-6(11(13,14)15)3-8(9)10(18)17-4-7(16)5-17/h1-3,7H,4-5,16H2. The molecule has 1 saturated heterocycles. The summed E-state index contributed by atoms with van der Waals surface area (Å²) < 4.78 is 38.0. The van der Waals surface area contributed by atoms with E-state index in [2.05, 4.69) is 15.9 Å². The number of carbonyl (C=O) groups is 1. The Bertz CT molecular complexity index is 484. The number of nitrogens with two attached hydrogens (primary N) is 1. The number of amides is 1. The van der Waals surface area contributed by atoms with E-state index in [0.29, 0.717) is 17.6 Å². The first kappa shape index (κ1) is 13.4. The van der Waals surface area contributed by atoms with Gasteiger partial charge < -0.3 is 10.6 Å². The lowest BCUT2D eigenvalue weighted by Crippen LogP contribution is -2.57. The maximum absolute atomic E-state index is 12.6. The molecule has 0 aromatic heterocycles. The number of benzene rings is 1. The summed E-state index contributed by atoms with van der Waals surface area (Å²) in [5, 5.41) is 0. The predicted molar refractivity (Wildman–Crippen MR) is 63.0 cm³/mol. The van der Waals surface area contributed by atoms with E-state index in [1.807, 2.05) is 0 Å². The Kier molecular flexibility index (Phi) is 3.37. The Morgan fingerprint density at radius 2 is 2.00 bits per heavy atom. The summed E-state index contributed by atoms with van der Waals surface area (Å²) in [4.78, 5) is 13.4. The highest BCUT2D eigenvalue weighted by Gasteiger charge is 2.34. The summed E-state index contributed by atoms with van der Waals surface area (Å²) >= 11 is 3.09. The maximum Gasteiger partial charge on any atom is 0.416 e. The van der Waals surface area contributed by atoms with Crippen molar-refractivity contribution in [1.82, 2.24) is 4.90 Å². The van der Waals surface area contributed by atoms with Gasteiger partial charge in [-0.25, -0.2) is 0 Å². The van der Waals surface area contributed by atoms with Gasteiger partial charge in [0.15, 0.2) is 0 Å². The molecule has 0 atom stereocenters. The van der Waals surface area contributed by atoms with Crippen LogP contribution in [-0.4, -0.2) is 29.9 Å². The number of likely N-dealkylation sites (tertiary alicyclic amines) is 1. The summed E-state index contributed by atoms with van der Waals surface area (Å²) in [7, 11) is 0. The van der Waals surface area contributed by atoms with Crippen LogP contribution in [0.3, 0.4) is 0 Å². The Balaban J connectivity index is 2.29. The fraction of sp³-hybridized carbons (Fsp3) is 0.364. The zero-order valence-electron chi connectivity index (χ0n) is 9.17. The van der Waals surface area contributed by atoms with Crippen LogP contribution >= 0.6 is 15.9 Å². The molecule has 2 N–H and O–H groups in total. The van der Waals surface area contributed by atoms with E-state index in [9.17, 15) is 18.0 Å². The molecule has 0 radical (unpaired) electrons. The van der Waals surface area contributed by atoms with Crippen LogP contribution in [0.5, 0.6) is 0 Å². The van der Waals surface area contributed by atoms with Gasteiger partial charge in [-0.2, -0.15) is 13.2 Å². The Labute approximate surface area is 110 Å². The van der Waals surface area contributed by atoms with Crippen LogP contribution in [0, 0.1) is 0 Å². The lowest BCUT2D eigenvalue weighted by Gasteiger charge is -2.37. The van der Waals surface area contributed by atoms with Gasteiger partial charge in [-0.3, -0.25) is 4.79 Å². The Morgan fingerprint density at radius 1 is 1.39 bits per heavy atom. The van der Waals surface area contributed by atoms with Gasteiger partial charge >= 0.3 is 6.18 Å². The van der Waals surface area contributed by atoms with E-state index < -0.39 is 17.6 Å². The normalized spacial score (nSPS) is 16.6. The van der Waals surface area contributed by atoms with E-state index in [-0.39, 0.29) is 11.6 Å². The summed E-state index contributed by atoms with van der Waals surface area (Å²) in [6.07, 6.45) is -4.46. The lowest BCUT2D eigenvalue weighted by molar-refractivity contribution is -0.137. The first-order valence-electron chi connectivity index (χ1n) is 5.20. The third-order valence-electron chi connectivity index (χ3n) is 2.72. The van der Waals surface area contributed by atoms with E-state index in [4.69, 9.17) is 5.73 Å². The number of rotatable bonds is 1. The van der Waals surface area contributed by atoms with Crippen LogP contribution in [-0.2, 0) is 6.18 Å². The first-order valence-corrected chi connectivity index (χ1v) is 6.00. The van der Waals surface area contributed by atoms with Gasteiger partial charge in [-0.05, 0) is 34.1 Å². The fourth-order valence-corrected chi connectivity index (χ4v) is 2.13. The van der Waals surface area contributed by atoms with Gasteiger partial charge in [0.25, 0.3) is 5.91 Å². The minimum atomic E-state index is -4.46. The van der Waals surface area contributed by atoms with Gasteiger partial charge in [0.05, 0.1) is 11.1 Å². The number of hydrogen-bond donors (Lipinski definition) is 1. The summed E-state index contributed by atoms with van der Waals surface area (Å²) in [6.45, 7) is 0.753. The molecule has 0 saturated carbocycles. The minimum absolute atomic E-state index is 0.0109. The molecule has 1 aromatic carbocycles. The smallest absolute Gasteiger partial charge is 0.335 e. The van der Waals surface area contributed by atoms with Gasteiger partial charge in [0.2, 0.25) is 0 Å². The summed E-state index contributed by atoms with van der Waals surface area (Å²) in [5.74, 6) is -0.435. The first-order chi connectivity index (χ1) is 8.29. The molecule has 1 aromatic rings. The highest BCUT2D eigenvalue weighted by atomic mass is 79.9. The van der Waals surface area contributed by atoms with Crippen molar-refractivity contribution in [2.75, 3.05) is 13.1 Å². The van der Waals surface area contributed by atoms with E-state index >= 15 is 0 Å². The van der Waals surface area contributed by atoms with Crippen molar-refractivity contribution in [2.24, 2.45) is 5.73 Å². The second-order valence-corrected chi connectivity index (χ2v) is 5.02. The molecule has 1 amide bonds. The minimum Gasteiger partial charge on any atom is -0.335 e. The zero-order chi connectivity index (χ0) is 13.5. The third-order valence-corrected chi connectivity index (χ3v) is 3.41. The molecule has 1 aliphatic rings. The van der Waals surface area contributed by atoms with Gasteiger partial charge in [0, 0.05) is 23.6 Å². The molecular formula is C11H10BrF3N2O. The van der Waals surface area contributed by atoms with Crippen molar-refractivity contribution in [3.8, 4) is 0 Å². The predicted octanol–water partition coefficient (Wildman–Crippen LogP) is 2.25. The number of halogens is 4. The van der Waals surface area contributed by atoms with E-state index in [1.54, 1.807) is 0 Å². The molecule has 98 valence electrons. The summed E-state index contributed by atoms with van der Waals surface area (Å²) in [5.41, 5.74) is 4.71. The molecule has 1 fully saturated rings. The largest absolute Gasteiger partial charge is 0.416 e. The van der Waals surface area contributed by atoms with Crippen molar-refractivity contribution in [2.45, 2.75) is 12.2 Å². The zero-order valence-corrected chi connectivity index (χ0v) is 10.8. The van der Waals surface area contributed by atoms with Crippen LogP contribution in [0.4, 0.5) is 13.2 Å². The second-order valence-electron chi connectivity index (χ2n) is 4.16. The van der Waals surface area contributed by atoms with Crippen LogP contribution in [0.2, 0.25) is 0 Å². The van der Waals surface area contributed by atoms with Crippen LogP contribution in [0.25, 0.3) is 0 Å². The van der Waals surface area contributed by atoms with Crippen LogP contribution in [0.1, 0.15) is 15.9 Å². The number of nitrogens with zero attached hydrogens (tertiary/aromatic N) is 1. The summed E-state index contributed by atoms with van der Waals surface area (Å²) in [6, 6.07) is 2.94. The molecule has 18 heavy (non-hydrogen) atoms. The number of hydrogen-bond acceptors (Lipinski definition) is 2. The number of carbonyl (C=O) groups excluding carboxylic acids is 1. The van der Waals surface area contributed by atoms with E-state index in [1.165, 1.54) is 11.0 Å². The highest BCUT2D eigenvalue weighted by molar-refractivity contribution is 9.10. The van der Waals surface area contributed by atoms with E-state index in [0.717, 1.165) is 12.1 Å². The molecule has 0 aliphatic carbocycles. The van der Waals surface area contributed by atoms with Gasteiger partial charge in [0.1, 0.15) is 0 Å². The molecule has 1 heterocycles.